The van der Waals surface area contributed by atoms with E-state index in [0.29, 0.717) is 16.8 Å². The average Bonchev–Trinajstić information content (AvgIpc) is 3.09. The van der Waals surface area contributed by atoms with E-state index in [1.807, 2.05) is 54.0 Å². The highest BCUT2D eigenvalue weighted by molar-refractivity contribution is 5.84. The van der Waals surface area contributed by atoms with Gasteiger partial charge in [0.25, 0.3) is 0 Å². The molecule has 0 aliphatic carbocycles. The highest BCUT2D eigenvalue weighted by Crippen LogP contribution is 2.27. The van der Waals surface area contributed by atoms with Gasteiger partial charge in [0, 0.05) is 54.7 Å². The summed E-state index contributed by atoms with van der Waals surface area (Å²) in [5.41, 5.74) is 4.42. The normalized spacial score (nSPS) is 16.6. The van der Waals surface area contributed by atoms with Crippen molar-refractivity contribution < 1.29 is 4.42 Å². The fourth-order valence-electron chi connectivity index (χ4n) is 4.07. The maximum absolute atomic E-state index is 12.7. The van der Waals surface area contributed by atoms with Crippen LogP contribution in [0.2, 0.25) is 0 Å². The Morgan fingerprint density at radius 2 is 2.00 bits per heavy atom. The molecule has 1 fully saturated rings. The maximum Gasteiger partial charge on any atom is 0.345 e. The number of fused-ring (bicyclic) bond motifs is 2. The first kappa shape index (κ1) is 17.9. The molecule has 0 amide bonds. The summed E-state index contributed by atoms with van der Waals surface area (Å²) >= 11 is 0. The minimum atomic E-state index is -0.365. The standard InChI is InChI=1S/C23H24N4O2/c1-15-4-7-21-25-19(13-27(21)12-15)18-10-16-5-6-17(11-20(16)29-22(18)28)26-9-8-24-23(2,3)14-26/h4-7,10-13,24H,8-9,14H2,1-3H3. The number of hydrogen-bond donors (Lipinski definition) is 1. The number of aromatic nitrogens is 2. The van der Waals surface area contributed by atoms with Crippen molar-refractivity contribution in [2.24, 2.45) is 0 Å². The van der Waals surface area contributed by atoms with Gasteiger partial charge in [-0.05, 0) is 50.6 Å². The molecule has 0 spiro atoms. The first-order chi connectivity index (χ1) is 13.9. The van der Waals surface area contributed by atoms with Crippen LogP contribution in [-0.4, -0.2) is 34.6 Å². The van der Waals surface area contributed by atoms with Crippen molar-refractivity contribution in [3.05, 3.63) is 64.8 Å². The van der Waals surface area contributed by atoms with Crippen LogP contribution in [0.25, 0.3) is 27.9 Å². The lowest BCUT2D eigenvalue weighted by Crippen LogP contribution is -2.57. The Morgan fingerprint density at radius 3 is 2.83 bits per heavy atom. The van der Waals surface area contributed by atoms with Crippen LogP contribution in [0.15, 0.2) is 58.0 Å². The summed E-state index contributed by atoms with van der Waals surface area (Å²) in [5, 5.41) is 4.41. The summed E-state index contributed by atoms with van der Waals surface area (Å²) in [6.45, 7) is 9.19. The summed E-state index contributed by atoms with van der Waals surface area (Å²) in [7, 11) is 0. The van der Waals surface area contributed by atoms with Gasteiger partial charge in [0.05, 0.1) is 11.3 Å². The number of hydrogen-bond acceptors (Lipinski definition) is 5. The van der Waals surface area contributed by atoms with Crippen molar-refractivity contribution in [1.29, 1.82) is 0 Å². The summed E-state index contributed by atoms with van der Waals surface area (Å²) in [5.74, 6) is 0. The van der Waals surface area contributed by atoms with E-state index < -0.39 is 0 Å². The van der Waals surface area contributed by atoms with Gasteiger partial charge in [-0.1, -0.05) is 6.07 Å². The molecule has 1 aliphatic rings. The molecule has 0 unspecified atom stereocenters. The highest BCUT2D eigenvalue weighted by atomic mass is 16.4. The molecule has 0 bridgehead atoms. The van der Waals surface area contributed by atoms with Crippen molar-refractivity contribution in [3.63, 3.8) is 0 Å². The van der Waals surface area contributed by atoms with Crippen molar-refractivity contribution in [1.82, 2.24) is 14.7 Å². The van der Waals surface area contributed by atoms with Crippen molar-refractivity contribution in [3.8, 4) is 11.3 Å². The second-order valence-corrected chi connectivity index (χ2v) is 8.50. The lowest BCUT2D eigenvalue weighted by molar-refractivity contribution is 0.353. The molecule has 29 heavy (non-hydrogen) atoms. The zero-order valence-electron chi connectivity index (χ0n) is 16.9. The van der Waals surface area contributed by atoms with E-state index in [0.717, 1.165) is 41.9 Å². The predicted molar refractivity (Wildman–Crippen MR) is 116 cm³/mol. The summed E-state index contributed by atoms with van der Waals surface area (Å²) in [6.07, 6.45) is 3.87. The predicted octanol–water partition coefficient (Wildman–Crippen LogP) is 3.60. The van der Waals surface area contributed by atoms with E-state index in [9.17, 15) is 4.79 Å². The van der Waals surface area contributed by atoms with Gasteiger partial charge in [-0.15, -0.1) is 0 Å². The molecule has 1 N–H and O–H groups in total. The number of imidazole rings is 1. The van der Waals surface area contributed by atoms with Gasteiger partial charge in [-0.3, -0.25) is 0 Å². The third-order valence-electron chi connectivity index (χ3n) is 5.53. The van der Waals surface area contributed by atoms with Crippen molar-refractivity contribution >= 4 is 22.3 Å². The molecule has 0 radical (unpaired) electrons. The lowest BCUT2D eigenvalue weighted by Gasteiger charge is -2.40. The lowest BCUT2D eigenvalue weighted by atomic mass is 10.0. The van der Waals surface area contributed by atoms with E-state index >= 15 is 0 Å². The van der Waals surface area contributed by atoms with E-state index in [-0.39, 0.29) is 11.2 Å². The molecule has 3 aromatic heterocycles. The largest absolute Gasteiger partial charge is 0.422 e. The van der Waals surface area contributed by atoms with Gasteiger partial charge in [0.1, 0.15) is 11.2 Å². The van der Waals surface area contributed by atoms with Gasteiger partial charge >= 0.3 is 5.63 Å². The Morgan fingerprint density at radius 1 is 1.14 bits per heavy atom. The molecule has 4 aromatic rings. The quantitative estimate of drug-likeness (QED) is 0.532. The minimum absolute atomic E-state index is 0.0549. The molecule has 6 heteroatoms. The Kier molecular flexibility index (Phi) is 3.99. The monoisotopic (exact) mass is 388 g/mol. The van der Waals surface area contributed by atoms with Crippen molar-refractivity contribution in [2.75, 3.05) is 24.5 Å². The molecule has 1 aliphatic heterocycles. The zero-order valence-corrected chi connectivity index (χ0v) is 16.9. The molecule has 0 saturated carbocycles. The molecule has 4 heterocycles. The van der Waals surface area contributed by atoms with Crippen LogP contribution < -0.4 is 15.8 Å². The number of nitrogens with zero attached hydrogens (tertiary/aromatic N) is 3. The van der Waals surface area contributed by atoms with Crippen LogP contribution in [0.4, 0.5) is 5.69 Å². The molecule has 6 nitrogen and oxygen atoms in total. The minimum Gasteiger partial charge on any atom is -0.422 e. The molecule has 1 aromatic carbocycles. The van der Waals surface area contributed by atoms with Gasteiger partial charge in [0.2, 0.25) is 0 Å². The number of pyridine rings is 1. The van der Waals surface area contributed by atoms with E-state index in [2.05, 4.69) is 35.1 Å². The zero-order chi connectivity index (χ0) is 20.2. The fraction of sp³-hybridized carbons (Fsp3) is 0.304. The molecule has 1 saturated heterocycles. The Balaban J connectivity index is 1.55. The molecule has 5 rings (SSSR count). The van der Waals surface area contributed by atoms with E-state index in [1.165, 1.54) is 0 Å². The third-order valence-corrected chi connectivity index (χ3v) is 5.53. The second kappa shape index (κ2) is 6.46. The summed E-state index contributed by atoms with van der Waals surface area (Å²) in [6, 6.07) is 11.9. The number of piperazine rings is 1. The molecule has 148 valence electrons. The Hall–Kier alpha value is -3.12. The fourth-order valence-corrected chi connectivity index (χ4v) is 4.07. The second-order valence-electron chi connectivity index (χ2n) is 8.50. The number of rotatable bonds is 2. The van der Waals surface area contributed by atoms with Crippen LogP contribution in [0.5, 0.6) is 0 Å². The first-order valence-corrected chi connectivity index (χ1v) is 9.92. The Labute approximate surface area is 168 Å². The number of aryl methyl sites for hydroxylation is 1. The van der Waals surface area contributed by atoms with E-state index in [1.54, 1.807) is 0 Å². The Bertz CT molecular complexity index is 1290. The van der Waals surface area contributed by atoms with Crippen LogP contribution in [0, 0.1) is 6.92 Å². The maximum atomic E-state index is 12.7. The average molecular weight is 388 g/mol. The topological polar surface area (TPSA) is 62.8 Å². The first-order valence-electron chi connectivity index (χ1n) is 9.92. The molecule has 0 atom stereocenters. The smallest absolute Gasteiger partial charge is 0.345 e. The van der Waals surface area contributed by atoms with Crippen molar-refractivity contribution in [2.45, 2.75) is 26.3 Å². The van der Waals surface area contributed by atoms with E-state index in [4.69, 9.17) is 4.42 Å². The van der Waals surface area contributed by atoms with Crippen LogP contribution in [-0.2, 0) is 0 Å². The highest BCUT2D eigenvalue weighted by Gasteiger charge is 2.26. The molecular formula is C23H24N4O2. The summed E-state index contributed by atoms with van der Waals surface area (Å²) < 4.78 is 7.64. The third kappa shape index (κ3) is 3.29. The number of benzene rings is 1. The molecular weight excluding hydrogens is 364 g/mol. The van der Waals surface area contributed by atoms with Gasteiger partial charge < -0.3 is 19.0 Å². The van der Waals surface area contributed by atoms with Gasteiger partial charge in [-0.25, -0.2) is 9.78 Å². The number of nitrogens with one attached hydrogen (secondary N) is 1. The van der Waals surface area contributed by atoms with Gasteiger partial charge in [0.15, 0.2) is 0 Å². The van der Waals surface area contributed by atoms with Crippen LogP contribution in [0.1, 0.15) is 19.4 Å². The van der Waals surface area contributed by atoms with Crippen LogP contribution in [0.3, 0.4) is 0 Å². The number of anilines is 1. The SMILES string of the molecule is Cc1ccc2nc(-c3cc4ccc(N5CCNC(C)(C)C5)cc4oc3=O)cn2c1. The van der Waals surface area contributed by atoms with Crippen LogP contribution >= 0.6 is 0 Å². The summed E-state index contributed by atoms with van der Waals surface area (Å²) in [4.78, 5) is 19.6. The van der Waals surface area contributed by atoms with Gasteiger partial charge in [-0.2, -0.15) is 0 Å².